The average molecular weight is 335 g/mol. The Morgan fingerprint density at radius 1 is 1.21 bits per heavy atom. The molecule has 0 heterocycles. The standard InChI is InChI=1S/C19H29NO4/c1-4-8-16(3)10-6-7-15-23-19(9-5-2)24-18-13-11-17(12-14-18)20(21)22/h9,11-14,16H,4-8,10,15H2,1-3H3/b19-9-. The molecule has 1 rings (SSSR count). The number of nitro groups is 1. The summed E-state index contributed by atoms with van der Waals surface area (Å²) in [6.45, 7) is 7.15. The van der Waals surface area contributed by atoms with Gasteiger partial charge in [0.2, 0.25) is 0 Å². The SMILES string of the molecule is CC/C=C(/OCCCCC(C)CCC)Oc1ccc([N+](=O)[O-])cc1. The van der Waals surface area contributed by atoms with E-state index in [1.165, 1.54) is 31.4 Å². The highest BCUT2D eigenvalue weighted by atomic mass is 16.7. The van der Waals surface area contributed by atoms with E-state index in [9.17, 15) is 10.1 Å². The molecule has 24 heavy (non-hydrogen) atoms. The maximum absolute atomic E-state index is 10.7. The Morgan fingerprint density at radius 3 is 2.50 bits per heavy atom. The molecule has 0 saturated carbocycles. The number of non-ortho nitro benzene ring substituents is 1. The molecule has 1 atom stereocenters. The summed E-state index contributed by atoms with van der Waals surface area (Å²) in [5.41, 5.74) is 0.0467. The zero-order valence-electron chi connectivity index (χ0n) is 15.0. The predicted molar refractivity (Wildman–Crippen MR) is 96.0 cm³/mol. The molecule has 1 aromatic rings. The molecule has 0 amide bonds. The Balaban J connectivity index is 2.39. The van der Waals surface area contributed by atoms with Crippen LogP contribution in [0.5, 0.6) is 5.75 Å². The Bertz CT molecular complexity index is 511. The molecule has 5 heteroatoms. The van der Waals surface area contributed by atoms with Crippen LogP contribution in [0.15, 0.2) is 36.3 Å². The number of rotatable bonds is 12. The summed E-state index contributed by atoms with van der Waals surface area (Å²) >= 11 is 0. The zero-order valence-corrected chi connectivity index (χ0v) is 15.0. The minimum atomic E-state index is -0.428. The van der Waals surface area contributed by atoms with Crippen LogP contribution in [0, 0.1) is 16.0 Å². The number of unbranched alkanes of at least 4 members (excludes halogenated alkanes) is 1. The summed E-state index contributed by atoms with van der Waals surface area (Å²) in [6.07, 6.45) is 8.58. The third kappa shape index (κ3) is 7.99. The molecule has 0 N–H and O–H groups in total. The van der Waals surface area contributed by atoms with Gasteiger partial charge in [-0.1, -0.05) is 40.0 Å². The van der Waals surface area contributed by atoms with Crippen molar-refractivity contribution >= 4 is 5.69 Å². The predicted octanol–water partition coefficient (Wildman–Crippen LogP) is 5.85. The Morgan fingerprint density at radius 2 is 1.92 bits per heavy atom. The van der Waals surface area contributed by atoms with E-state index >= 15 is 0 Å². The number of ether oxygens (including phenoxy) is 2. The van der Waals surface area contributed by atoms with E-state index in [-0.39, 0.29) is 5.69 Å². The van der Waals surface area contributed by atoms with Crippen LogP contribution in [-0.2, 0) is 4.74 Å². The van der Waals surface area contributed by atoms with Crippen LogP contribution in [0.3, 0.4) is 0 Å². The van der Waals surface area contributed by atoms with Gasteiger partial charge in [0.15, 0.2) is 0 Å². The second kappa shape index (κ2) is 11.5. The van der Waals surface area contributed by atoms with Gasteiger partial charge in [-0.2, -0.15) is 0 Å². The molecular weight excluding hydrogens is 306 g/mol. The normalized spacial score (nSPS) is 12.7. The van der Waals surface area contributed by atoms with Crippen LogP contribution in [0.25, 0.3) is 0 Å². The Hall–Kier alpha value is -2.04. The maximum Gasteiger partial charge on any atom is 0.280 e. The average Bonchev–Trinajstić information content (AvgIpc) is 2.55. The van der Waals surface area contributed by atoms with E-state index in [0.717, 1.165) is 25.2 Å². The summed E-state index contributed by atoms with van der Waals surface area (Å²) in [5, 5.41) is 10.7. The third-order valence-electron chi connectivity index (χ3n) is 3.75. The van der Waals surface area contributed by atoms with Gasteiger partial charge in [0.05, 0.1) is 11.5 Å². The van der Waals surface area contributed by atoms with Gasteiger partial charge in [-0.05, 0) is 43.4 Å². The van der Waals surface area contributed by atoms with Gasteiger partial charge >= 0.3 is 0 Å². The van der Waals surface area contributed by atoms with Crippen molar-refractivity contribution in [3.8, 4) is 5.75 Å². The van der Waals surface area contributed by atoms with Crippen LogP contribution < -0.4 is 4.74 Å². The first-order valence-electron chi connectivity index (χ1n) is 8.82. The van der Waals surface area contributed by atoms with Gasteiger partial charge in [-0.25, -0.2) is 0 Å². The van der Waals surface area contributed by atoms with E-state index in [4.69, 9.17) is 9.47 Å². The molecule has 0 aliphatic heterocycles. The maximum atomic E-state index is 10.7. The van der Waals surface area contributed by atoms with E-state index < -0.39 is 4.92 Å². The molecule has 1 aromatic carbocycles. The first-order valence-corrected chi connectivity index (χ1v) is 8.82. The Labute approximate surface area is 144 Å². The lowest BCUT2D eigenvalue weighted by Gasteiger charge is -2.13. The summed E-state index contributed by atoms with van der Waals surface area (Å²) < 4.78 is 11.4. The summed E-state index contributed by atoms with van der Waals surface area (Å²) in [4.78, 5) is 10.2. The molecule has 0 aromatic heterocycles. The van der Waals surface area contributed by atoms with Crippen LogP contribution in [0.1, 0.15) is 59.3 Å². The molecule has 0 aliphatic rings. The van der Waals surface area contributed by atoms with E-state index in [0.29, 0.717) is 18.3 Å². The molecule has 0 spiro atoms. The smallest absolute Gasteiger partial charge is 0.280 e. The van der Waals surface area contributed by atoms with Crippen LogP contribution >= 0.6 is 0 Å². The van der Waals surface area contributed by atoms with Crippen molar-refractivity contribution in [3.05, 3.63) is 46.4 Å². The van der Waals surface area contributed by atoms with Crippen molar-refractivity contribution in [2.24, 2.45) is 5.92 Å². The third-order valence-corrected chi connectivity index (χ3v) is 3.75. The molecular formula is C19H29NO4. The van der Waals surface area contributed by atoms with Gasteiger partial charge in [0, 0.05) is 12.1 Å². The van der Waals surface area contributed by atoms with Gasteiger partial charge in [-0.15, -0.1) is 0 Å². The fourth-order valence-electron chi connectivity index (χ4n) is 2.45. The summed E-state index contributed by atoms with van der Waals surface area (Å²) in [6, 6.07) is 6.01. The number of nitrogens with zero attached hydrogens (tertiary/aromatic N) is 1. The van der Waals surface area contributed by atoms with Gasteiger partial charge in [0.1, 0.15) is 5.75 Å². The lowest BCUT2D eigenvalue weighted by molar-refractivity contribution is -0.384. The van der Waals surface area contributed by atoms with Crippen molar-refractivity contribution in [3.63, 3.8) is 0 Å². The quantitative estimate of drug-likeness (QED) is 0.208. The van der Waals surface area contributed by atoms with Gasteiger partial charge in [0.25, 0.3) is 11.6 Å². The number of hydrogen-bond donors (Lipinski definition) is 0. The zero-order chi connectivity index (χ0) is 17.8. The topological polar surface area (TPSA) is 61.6 Å². The van der Waals surface area contributed by atoms with Crippen LogP contribution in [0.2, 0.25) is 0 Å². The lowest BCUT2D eigenvalue weighted by Crippen LogP contribution is -2.03. The fraction of sp³-hybridized carbons (Fsp3) is 0.579. The first kappa shape index (κ1) is 20.0. The van der Waals surface area contributed by atoms with Crippen molar-refractivity contribution < 1.29 is 14.4 Å². The van der Waals surface area contributed by atoms with E-state index in [1.807, 2.05) is 13.0 Å². The van der Waals surface area contributed by atoms with Crippen molar-refractivity contribution in [2.75, 3.05) is 6.61 Å². The number of nitro benzene ring substituents is 1. The number of benzene rings is 1. The molecule has 0 fully saturated rings. The highest BCUT2D eigenvalue weighted by Crippen LogP contribution is 2.20. The minimum absolute atomic E-state index is 0.0467. The fourth-order valence-corrected chi connectivity index (χ4v) is 2.45. The Kier molecular flexibility index (Phi) is 9.58. The highest BCUT2D eigenvalue weighted by molar-refractivity contribution is 5.36. The second-order valence-electron chi connectivity index (χ2n) is 6.02. The van der Waals surface area contributed by atoms with Crippen molar-refractivity contribution in [1.29, 1.82) is 0 Å². The summed E-state index contributed by atoms with van der Waals surface area (Å²) in [7, 11) is 0. The van der Waals surface area contributed by atoms with Gasteiger partial charge in [-0.3, -0.25) is 10.1 Å². The molecule has 0 radical (unpaired) electrons. The van der Waals surface area contributed by atoms with E-state index in [2.05, 4.69) is 13.8 Å². The molecule has 0 bridgehead atoms. The lowest BCUT2D eigenvalue weighted by atomic mass is 9.99. The van der Waals surface area contributed by atoms with Crippen molar-refractivity contribution in [2.45, 2.75) is 59.3 Å². The second-order valence-corrected chi connectivity index (χ2v) is 6.02. The molecule has 134 valence electrons. The van der Waals surface area contributed by atoms with E-state index in [1.54, 1.807) is 12.1 Å². The monoisotopic (exact) mass is 335 g/mol. The van der Waals surface area contributed by atoms with Crippen LogP contribution in [0.4, 0.5) is 5.69 Å². The van der Waals surface area contributed by atoms with Crippen LogP contribution in [-0.4, -0.2) is 11.5 Å². The van der Waals surface area contributed by atoms with Crippen molar-refractivity contribution in [1.82, 2.24) is 0 Å². The summed E-state index contributed by atoms with van der Waals surface area (Å²) in [5.74, 6) is 1.78. The largest absolute Gasteiger partial charge is 0.465 e. The molecule has 5 nitrogen and oxygen atoms in total. The van der Waals surface area contributed by atoms with Gasteiger partial charge < -0.3 is 9.47 Å². The number of allylic oxidation sites excluding steroid dienone is 1. The minimum Gasteiger partial charge on any atom is -0.465 e. The molecule has 0 saturated heterocycles. The highest BCUT2D eigenvalue weighted by Gasteiger charge is 2.07. The number of hydrogen-bond acceptors (Lipinski definition) is 4. The molecule has 1 unspecified atom stereocenters. The molecule has 0 aliphatic carbocycles. The first-order chi connectivity index (χ1) is 11.6.